The normalized spacial score (nSPS) is 15.3. The van der Waals surface area contributed by atoms with Gasteiger partial charge in [0.05, 0.1) is 15.5 Å². The monoisotopic (exact) mass is 456 g/mol. The van der Waals surface area contributed by atoms with E-state index in [4.69, 9.17) is 28.2 Å². The molecule has 4 rings (SSSR count). The van der Waals surface area contributed by atoms with Gasteiger partial charge in [-0.3, -0.25) is 19.8 Å². The van der Waals surface area contributed by atoms with Crippen LogP contribution in [0.3, 0.4) is 0 Å². The summed E-state index contributed by atoms with van der Waals surface area (Å²) in [6.07, 6.45) is 1.63. The number of nitrogens with zero attached hydrogens (tertiary/aromatic N) is 2. The molecule has 0 radical (unpaired) electrons. The lowest BCUT2D eigenvalue weighted by Crippen LogP contribution is -2.27. The van der Waals surface area contributed by atoms with Gasteiger partial charge in [0.2, 0.25) is 0 Å². The maximum atomic E-state index is 12.9. The molecular formula is C21H13ClN2O4S2. The Balaban J connectivity index is 1.60. The highest BCUT2D eigenvalue weighted by molar-refractivity contribution is 8.27. The Morgan fingerprint density at radius 2 is 2.00 bits per heavy atom. The molecule has 150 valence electrons. The third-order valence-electron chi connectivity index (χ3n) is 4.44. The number of hydrogen-bond acceptors (Lipinski definition) is 6. The highest BCUT2D eigenvalue weighted by atomic mass is 35.5. The molecule has 0 bridgehead atoms. The van der Waals surface area contributed by atoms with Crippen molar-refractivity contribution in [2.45, 2.75) is 6.92 Å². The average molecular weight is 457 g/mol. The van der Waals surface area contributed by atoms with Crippen LogP contribution in [0.1, 0.15) is 11.3 Å². The van der Waals surface area contributed by atoms with Crippen molar-refractivity contribution >= 4 is 63.3 Å². The third kappa shape index (κ3) is 3.89. The van der Waals surface area contributed by atoms with Crippen LogP contribution in [0.5, 0.6) is 0 Å². The Labute approximate surface area is 186 Å². The molecule has 0 spiro atoms. The van der Waals surface area contributed by atoms with E-state index in [1.54, 1.807) is 61.5 Å². The molecule has 0 aliphatic carbocycles. The first kappa shape index (κ1) is 20.3. The Bertz CT molecular complexity index is 1240. The Morgan fingerprint density at radius 1 is 1.20 bits per heavy atom. The molecule has 0 unspecified atom stereocenters. The number of furan rings is 1. The van der Waals surface area contributed by atoms with E-state index in [1.165, 1.54) is 22.7 Å². The van der Waals surface area contributed by atoms with Gasteiger partial charge in [-0.25, -0.2) is 0 Å². The van der Waals surface area contributed by atoms with Crippen molar-refractivity contribution in [2.75, 3.05) is 4.90 Å². The maximum absolute atomic E-state index is 12.9. The van der Waals surface area contributed by atoms with Crippen molar-refractivity contribution in [3.8, 4) is 11.3 Å². The van der Waals surface area contributed by atoms with Crippen LogP contribution in [0, 0.1) is 17.0 Å². The van der Waals surface area contributed by atoms with E-state index < -0.39 is 4.92 Å². The van der Waals surface area contributed by atoms with Crippen molar-refractivity contribution in [2.24, 2.45) is 0 Å². The number of carbonyl (C=O) groups is 1. The van der Waals surface area contributed by atoms with Crippen LogP contribution in [0.4, 0.5) is 11.4 Å². The van der Waals surface area contributed by atoms with Gasteiger partial charge in [-0.1, -0.05) is 41.6 Å². The van der Waals surface area contributed by atoms with Crippen molar-refractivity contribution in [3.05, 3.63) is 86.0 Å². The number of hydrogen-bond donors (Lipinski definition) is 0. The first-order chi connectivity index (χ1) is 14.3. The summed E-state index contributed by atoms with van der Waals surface area (Å²) < 4.78 is 6.24. The van der Waals surface area contributed by atoms with Gasteiger partial charge in [0.15, 0.2) is 4.32 Å². The van der Waals surface area contributed by atoms with E-state index in [0.717, 1.165) is 0 Å². The number of thioether (sulfide) groups is 1. The van der Waals surface area contributed by atoms with Gasteiger partial charge in [-0.2, -0.15) is 0 Å². The molecule has 1 saturated heterocycles. The molecule has 1 aromatic heterocycles. The molecule has 1 amide bonds. The summed E-state index contributed by atoms with van der Waals surface area (Å²) in [5.74, 6) is 0.772. The predicted molar refractivity (Wildman–Crippen MR) is 123 cm³/mol. The molecule has 0 atom stereocenters. The molecule has 2 aromatic carbocycles. The molecule has 1 aliphatic rings. The number of benzene rings is 2. The second kappa shape index (κ2) is 8.06. The number of rotatable bonds is 4. The number of nitro benzene ring substituents is 1. The summed E-state index contributed by atoms with van der Waals surface area (Å²) in [7, 11) is 0. The van der Waals surface area contributed by atoms with E-state index >= 15 is 0 Å². The minimum Gasteiger partial charge on any atom is -0.457 e. The number of aryl methyl sites for hydroxylation is 1. The highest BCUT2D eigenvalue weighted by Crippen LogP contribution is 2.37. The summed E-state index contributed by atoms with van der Waals surface area (Å²) in [6, 6.07) is 15.2. The van der Waals surface area contributed by atoms with Crippen LogP contribution in [-0.4, -0.2) is 15.2 Å². The van der Waals surface area contributed by atoms with Crippen molar-refractivity contribution < 1.29 is 14.1 Å². The molecule has 0 N–H and O–H groups in total. The maximum Gasteiger partial charge on any atom is 0.272 e. The summed E-state index contributed by atoms with van der Waals surface area (Å²) in [5.41, 5.74) is 1.91. The van der Waals surface area contributed by atoms with Crippen LogP contribution in [-0.2, 0) is 4.79 Å². The fourth-order valence-electron chi connectivity index (χ4n) is 3.03. The Morgan fingerprint density at radius 3 is 2.70 bits per heavy atom. The lowest BCUT2D eigenvalue weighted by molar-refractivity contribution is -0.385. The van der Waals surface area contributed by atoms with Gasteiger partial charge in [0.25, 0.3) is 11.6 Å². The molecule has 3 aromatic rings. The van der Waals surface area contributed by atoms with E-state index in [1.807, 2.05) is 0 Å². The van der Waals surface area contributed by atoms with Crippen LogP contribution >= 0.6 is 35.6 Å². The lowest BCUT2D eigenvalue weighted by atomic mass is 10.1. The highest BCUT2D eigenvalue weighted by Gasteiger charge is 2.33. The third-order valence-corrected chi connectivity index (χ3v) is 5.98. The van der Waals surface area contributed by atoms with Gasteiger partial charge in [-0.05, 0) is 49.4 Å². The first-order valence-corrected chi connectivity index (χ1v) is 10.3. The van der Waals surface area contributed by atoms with E-state index in [2.05, 4.69) is 0 Å². The average Bonchev–Trinajstić information content (AvgIpc) is 3.26. The van der Waals surface area contributed by atoms with Gasteiger partial charge < -0.3 is 4.42 Å². The first-order valence-electron chi connectivity index (χ1n) is 8.72. The number of thiocarbonyl (C=S) groups is 1. The molecule has 1 aliphatic heterocycles. The van der Waals surface area contributed by atoms with Crippen LogP contribution < -0.4 is 4.90 Å². The fourth-order valence-corrected chi connectivity index (χ4v) is 4.50. The lowest BCUT2D eigenvalue weighted by Gasteiger charge is -2.14. The summed E-state index contributed by atoms with van der Waals surface area (Å²) in [5, 5.41) is 11.5. The quantitative estimate of drug-likeness (QED) is 0.201. The zero-order valence-corrected chi connectivity index (χ0v) is 17.9. The zero-order valence-electron chi connectivity index (χ0n) is 15.5. The molecule has 9 heteroatoms. The summed E-state index contributed by atoms with van der Waals surface area (Å²) in [6.45, 7) is 1.67. The SMILES string of the molecule is Cc1cc(-c2ccc(/C=C3\SC(=S)N(c4cccc(Cl)c4)C3=O)o2)ccc1[N+](=O)[O-]. The van der Waals surface area contributed by atoms with Crippen molar-refractivity contribution in [3.63, 3.8) is 0 Å². The summed E-state index contributed by atoms with van der Waals surface area (Å²) in [4.78, 5) is 25.3. The van der Waals surface area contributed by atoms with E-state index in [-0.39, 0.29) is 11.6 Å². The number of carbonyl (C=O) groups excluding carboxylic acids is 1. The van der Waals surface area contributed by atoms with Gasteiger partial charge in [0, 0.05) is 28.3 Å². The topological polar surface area (TPSA) is 76.6 Å². The molecule has 6 nitrogen and oxygen atoms in total. The largest absolute Gasteiger partial charge is 0.457 e. The molecule has 2 heterocycles. The van der Waals surface area contributed by atoms with Gasteiger partial charge >= 0.3 is 0 Å². The molecule has 30 heavy (non-hydrogen) atoms. The number of halogens is 1. The standard InChI is InChI=1S/C21H13ClN2O4S2/c1-12-9-13(5-7-17(12)24(26)27)18-8-6-16(28-18)11-19-20(25)23(21(29)30-19)15-4-2-3-14(22)10-15/h2-11H,1H3/b19-11-. The van der Waals surface area contributed by atoms with E-state index in [9.17, 15) is 14.9 Å². The smallest absolute Gasteiger partial charge is 0.272 e. The summed E-state index contributed by atoms with van der Waals surface area (Å²) >= 11 is 12.6. The van der Waals surface area contributed by atoms with Crippen LogP contribution in [0.25, 0.3) is 17.4 Å². The van der Waals surface area contributed by atoms with Crippen molar-refractivity contribution in [1.82, 2.24) is 0 Å². The second-order valence-electron chi connectivity index (χ2n) is 6.46. The predicted octanol–water partition coefficient (Wildman–Crippen LogP) is 6.22. The van der Waals surface area contributed by atoms with Crippen LogP contribution in [0.2, 0.25) is 5.02 Å². The van der Waals surface area contributed by atoms with Gasteiger partial charge in [0.1, 0.15) is 11.5 Å². The number of nitro groups is 1. The van der Waals surface area contributed by atoms with Gasteiger partial charge in [-0.15, -0.1) is 0 Å². The fraction of sp³-hybridized carbons (Fsp3) is 0.0476. The minimum atomic E-state index is -0.422. The van der Waals surface area contributed by atoms with Crippen molar-refractivity contribution in [1.29, 1.82) is 0 Å². The minimum absolute atomic E-state index is 0.0511. The Kier molecular flexibility index (Phi) is 5.46. The number of anilines is 1. The van der Waals surface area contributed by atoms with Crippen LogP contribution in [0.15, 0.2) is 63.9 Å². The second-order valence-corrected chi connectivity index (χ2v) is 8.57. The molecule has 0 saturated carbocycles. The number of amides is 1. The van der Waals surface area contributed by atoms with E-state index in [0.29, 0.717) is 42.6 Å². The molecular weight excluding hydrogens is 444 g/mol. The Hall–Kier alpha value is -2.94. The molecule has 1 fully saturated rings. The zero-order chi connectivity index (χ0) is 21.4.